The van der Waals surface area contributed by atoms with Crippen molar-refractivity contribution in [1.29, 1.82) is 5.26 Å². The van der Waals surface area contributed by atoms with Crippen molar-refractivity contribution >= 4 is 5.97 Å². The van der Waals surface area contributed by atoms with E-state index in [1.807, 2.05) is 0 Å². The van der Waals surface area contributed by atoms with Crippen LogP contribution in [-0.2, 0) is 4.79 Å². The van der Waals surface area contributed by atoms with Gasteiger partial charge in [0.1, 0.15) is 6.04 Å². The zero-order chi connectivity index (χ0) is 13.2. The minimum Gasteiger partial charge on any atom is -0.480 e. The summed E-state index contributed by atoms with van der Waals surface area (Å²) in [6.45, 7) is -0.890. The van der Waals surface area contributed by atoms with Crippen molar-refractivity contribution in [3.63, 3.8) is 0 Å². The Morgan fingerprint density at radius 1 is 1.59 bits per heavy atom. The highest BCUT2D eigenvalue weighted by Crippen LogP contribution is 2.29. The van der Waals surface area contributed by atoms with E-state index in [1.54, 1.807) is 0 Å². The number of carboxylic acid groups (broad SMARTS) is 1. The molecule has 8 heteroatoms. The van der Waals surface area contributed by atoms with Gasteiger partial charge in [-0.15, -0.1) is 0 Å². The fraction of sp³-hybridized carbons (Fsp3) is 0.778. The predicted octanol–water partition coefficient (Wildman–Crippen LogP) is 0.208. The number of hydrogen-bond donors (Lipinski definition) is 2. The normalized spacial score (nSPS) is 27.7. The molecule has 1 heterocycles. The van der Waals surface area contributed by atoms with Crippen LogP contribution in [0.4, 0.5) is 13.2 Å². The molecular weight excluding hydrogens is 241 g/mol. The van der Waals surface area contributed by atoms with Crippen molar-refractivity contribution in [2.75, 3.05) is 13.1 Å². The van der Waals surface area contributed by atoms with E-state index in [1.165, 1.54) is 0 Å². The summed E-state index contributed by atoms with van der Waals surface area (Å²) in [7, 11) is 0. The first kappa shape index (κ1) is 13.7. The van der Waals surface area contributed by atoms with Crippen molar-refractivity contribution in [2.45, 2.75) is 24.7 Å². The Labute approximate surface area is 95.1 Å². The zero-order valence-electron chi connectivity index (χ0n) is 8.68. The van der Waals surface area contributed by atoms with Crippen LogP contribution in [-0.4, -0.2) is 52.5 Å². The van der Waals surface area contributed by atoms with Gasteiger partial charge >= 0.3 is 12.1 Å². The van der Waals surface area contributed by atoms with Crippen molar-refractivity contribution in [1.82, 2.24) is 4.90 Å². The number of carboxylic acids is 1. The van der Waals surface area contributed by atoms with Gasteiger partial charge in [-0.05, 0) is 0 Å². The molecule has 0 spiro atoms. The van der Waals surface area contributed by atoms with E-state index >= 15 is 0 Å². The number of β-amino-alcohol motifs (C(OH)–C–C–N with tert-alkyl or cyclic N) is 1. The summed E-state index contributed by atoms with van der Waals surface area (Å²) in [4.78, 5) is 11.7. The largest absolute Gasteiger partial charge is 0.480 e. The first-order valence-corrected chi connectivity index (χ1v) is 4.87. The van der Waals surface area contributed by atoms with Gasteiger partial charge in [0.2, 0.25) is 0 Å². The van der Waals surface area contributed by atoms with E-state index in [9.17, 15) is 23.1 Å². The van der Waals surface area contributed by atoms with Gasteiger partial charge < -0.3 is 10.2 Å². The van der Waals surface area contributed by atoms with E-state index < -0.39 is 36.8 Å². The Morgan fingerprint density at radius 2 is 2.18 bits per heavy atom. The van der Waals surface area contributed by atoms with E-state index in [-0.39, 0.29) is 13.0 Å². The lowest BCUT2D eigenvalue weighted by Gasteiger charge is -2.24. The van der Waals surface area contributed by atoms with Crippen LogP contribution >= 0.6 is 0 Å². The highest BCUT2D eigenvalue weighted by molar-refractivity contribution is 5.74. The SMILES string of the molecule is N#CC(CN1CC(O)CC1C(=O)O)C(F)(F)F. The van der Waals surface area contributed by atoms with Gasteiger partial charge in [0, 0.05) is 19.5 Å². The third kappa shape index (κ3) is 3.31. The van der Waals surface area contributed by atoms with Gasteiger partial charge in [-0.3, -0.25) is 9.69 Å². The molecular formula is C9H11F3N2O3. The van der Waals surface area contributed by atoms with Crippen LogP contribution in [0.15, 0.2) is 0 Å². The topological polar surface area (TPSA) is 84.6 Å². The van der Waals surface area contributed by atoms with E-state index in [4.69, 9.17) is 10.4 Å². The number of rotatable bonds is 3. The first-order chi connectivity index (χ1) is 7.75. The maximum absolute atomic E-state index is 12.3. The number of aliphatic hydroxyl groups is 1. The lowest BCUT2D eigenvalue weighted by atomic mass is 10.1. The molecule has 17 heavy (non-hydrogen) atoms. The molecule has 1 aliphatic heterocycles. The molecule has 3 unspecified atom stereocenters. The van der Waals surface area contributed by atoms with E-state index in [2.05, 4.69) is 0 Å². The van der Waals surface area contributed by atoms with Gasteiger partial charge in [0.05, 0.1) is 12.2 Å². The average Bonchev–Trinajstić information content (AvgIpc) is 2.54. The van der Waals surface area contributed by atoms with Crippen molar-refractivity contribution in [3.05, 3.63) is 0 Å². The van der Waals surface area contributed by atoms with Gasteiger partial charge in [0.15, 0.2) is 5.92 Å². The molecule has 0 aromatic rings. The van der Waals surface area contributed by atoms with Gasteiger partial charge in [-0.2, -0.15) is 18.4 Å². The molecule has 0 amide bonds. The molecule has 96 valence electrons. The first-order valence-electron chi connectivity index (χ1n) is 4.87. The molecule has 0 aromatic carbocycles. The zero-order valence-corrected chi connectivity index (χ0v) is 8.68. The molecule has 5 nitrogen and oxygen atoms in total. The number of nitriles is 1. The van der Waals surface area contributed by atoms with Gasteiger partial charge in [-0.1, -0.05) is 0 Å². The Bertz CT molecular complexity index is 339. The third-order valence-electron chi connectivity index (χ3n) is 2.63. The number of hydrogen-bond acceptors (Lipinski definition) is 4. The lowest BCUT2D eigenvalue weighted by molar-refractivity contribution is -0.166. The van der Waals surface area contributed by atoms with E-state index in [0.717, 1.165) is 11.0 Å². The molecule has 0 saturated carbocycles. The lowest BCUT2D eigenvalue weighted by Crippen LogP contribution is -2.42. The molecule has 0 radical (unpaired) electrons. The van der Waals surface area contributed by atoms with E-state index in [0.29, 0.717) is 0 Å². The second kappa shape index (κ2) is 4.89. The molecule has 0 aromatic heterocycles. The molecule has 1 saturated heterocycles. The van der Waals surface area contributed by atoms with Crippen LogP contribution in [0.2, 0.25) is 0 Å². The van der Waals surface area contributed by atoms with Crippen LogP contribution in [0.5, 0.6) is 0 Å². The average molecular weight is 252 g/mol. The molecule has 0 bridgehead atoms. The van der Waals surface area contributed by atoms with Gasteiger partial charge in [-0.25, -0.2) is 0 Å². The molecule has 1 rings (SSSR count). The van der Waals surface area contributed by atoms with Crippen LogP contribution in [0.1, 0.15) is 6.42 Å². The predicted molar refractivity (Wildman–Crippen MR) is 48.8 cm³/mol. The highest BCUT2D eigenvalue weighted by atomic mass is 19.4. The fourth-order valence-corrected chi connectivity index (χ4v) is 1.79. The van der Waals surface area contributed by atoms with Crippen molar-refractivity contribution in [2.24, 2.45) is 5.92 Å². The molecule has 0 aliphatic carbocycles. The second-order valence-electron chi connectivity index (χ2n) is 3.92. The number of aliphatic carboxylic acids is 1. The van der Waals surface area contributed by atoms with Crippen molar-refractivity contribution in [3.8, 4) is 6.07 Å². The van der Waals surface area contributed by atoms with Crippen LogP contribution in [0, 0.1) is 17.2 Å². The number of nitrogens with zero attached hydrogens (tertiary/aromatic N) is 2. The summed E-state index contributed by atoms with van der Waals surface area (Å²) >= 11 is 0. The Morgan fingerprint density at radius 3 is 2.59 bits per heavy atom. The smallest absolute Gasteiger partial charge is 0.405 e. The number of halogens is 3. The number of likely N-dealkylation sites (tertiary alicyclic amines) is 1. The Hall–Kier alpha value is -1.33. The Kier molecular flexibility index (Phi) is 3.95. The minimum atomic E-state index is -4.69. The minimum absolute atomic E-state index is 0.120. The summed E-state index contributed by atoms with van der Waals surface area (Å²) in [5, 5.41) is 26.4. The second-order valence-corrected chi connectivity index (χ2v) is 3.92. The summed E-state index contributed by atoms with van der Waals surface area (Å²) in [5.74, 6) is -3.53. The molecule has 3 atom stereocenters. The summed E-state index contributed by atoms with van der Waals surface area (Å²) in [6, 6.07) is -0.0617. The standard InChI is InChI=1S/C9H11F3N2O3/c10-9(11,12)5(2-13)3-14-4-6(15)1-7(14)8(16)17/h5-7,15H,1,3-4H2,(H,16,17). The molecule has 2 N–H and O–H groups in total. The summed E-state index contributed by atoms with van der Waals surface area (Å²) in [5.41, 5.74) is 0. The Balaban J connectivity index is 2.73. The molecule has 1 fully saturated rings. The number of alkyl halides is 3. The monoisotopic (exact) mass is 252 g/mol. The van der Waals surface area contributed by atoms with Crippen molar-refractivity contribution < 1.29 is 28.2 Å². The van der Waals surface area contributed by atoms with Crippen LogP contribution in [0.3, 0.4) is 0 Å². The summed E-state index contributed by atoms with van der Waals surface area (Å²) < 4.78 is 37.0. The number of aliphatic hydroxyl groups excluding tert-OH is 1. The highest BCUT2D eigenvalue weighted by Gasteiger charge is 2.45. The van der Waals surface area contributed by atoms with Crippen LogP contribution in [0.25, 0.3) is 0 Å². The maximum atomic E-state index is 12.3. The summed E-state index contributed by atoms with van der Waals surface area (Å²) in [6.07, 6.45) is -5.78. The van der Waals surface area contributed by atoms with Crippen LogP contribution < -0.4 is 0 Å². The van der Waals surface area contributed by atoms with Gasteiger partial charge in [0.25, 0.3) is 0 Å². The number of carbonyl (C=O) groups is 1. The molecule has 1 aliphatic rings. The quantitative estimate of drug-likeness (QED) is 0.750. The third-order valence-corrected chi connectivity index (χ3v) is 2.63. The maximum Gasteiger partial charge on any atom is 0.405 e. The fourth-order valence-electron chi connectivity index (χ4n) is 1.79.